The first-order valence-corrected chi connectivity index (χ1v) is 4.92. The van der Waals surface area contributed by atoms with Crippen molar-refractivity contribution >= 4 is 11.9 Å². The van der Waals surface area contributed by atoms with E-state index in [2.05, 4.69) is 15.0 Å². The molecule has 6 heteroatoms. The molecule has 0 saturated heterocycles. The van der Waals surface area contributed by atoms with Gasteiger partial charge in [-0.25, -0.2) is 4.98 Å². The van der Waals surface area contributed by atoms with Crippen LogP contribution in [0, 0.1) is 13.8 Å². The minimum Gasteiger partial charge on any atom is -0.465 e. The van der Waals surface area contributed by atoms with Gasteiger partial charge < -0.3 is 14.5 Å². The van der Waals surface area contributed by atoms with Crippen LogP contribution >= 0.6 is 0 Å². The highest BCUT2D eigenvalue weighted by Gasteiger charge is 2.16. The zero-order valence-corrected chi connectivity index (χ0v) is 9.49. The van der Waals surface area contributed by atoms with Gasteiger partial charge in [-0.05, 0) is 13.8 Å². The lowest BCUT2D eigenvalue weighted by molar-refractivity contribution is -0.141. The zero-order chi connectivity index (χ0) is 12.1. The highest BCUT2D eigenvalue weighted by Crippen LogP contribution is 2.08. The van der Waals surface area contributed by atoms with Crippen molar-refractivity contribution in [2.75, 3.05) is 13.2 Å². The number of aromatic nitrogens is 1. The Morgan fingerprint density at radius 1 is 1.44 bits per heavy atom. The van der Waals surface area contributed by atoms with Crippen molar-refractivity contribution in [3.63, 3.8) is 0 Å². The molecular formula is C10H14N2O4. The maximum Gasteiger partial charge on any atom is 0.325 e. The van der Waals surface area contributed by atoms with Gasteiger partial charge in [0.15, 0.2) is 5.89 Å². The molecule has 0 aliphatic carbocycles. The number of carbonyl (C=O) groups is 2. The Balaban J connectivity index is 2.53. The Hall–Kier alpha value is -1.85. The molecule has 6 nitrogen and oxygen atoms in total. The molecule has 0 aliphatic rings. The summed E-state index contributed by atoms with van der Waals surface area (Å²) in [5.41, 5.74) is 0.499. The minimum absolute atomic E-state index is 0.127. The number of hydrogen-bond donors (Lipinski definition) is 1. The monoisotopic (exact) mass is 226 g/mol. The Labute approximate surface area is 93.0 Å². The predicted molar refractivity (Wildman–Crippen MR) is 54.9 cm³/mol. The molecule has 0 radical (unpaired) electrons. The first kappa shape index (κ1) is 12.2. The molecule has 0 unspecified atom stereocenters. The highest BCUT2D eigenvalue weighted by molar-refractivity contribution is 5.94. The van der Waals surface area contributed by atoms with Gasteiger partial charge in [-0.2, -0.15) is 0 Å². The summed E-state index contributed by atoms with van der Waals surface area (Å²) in [6, 6.07) is 0. The van der Waals surface area contributed by atoms with Gasteiger partial charge in [-0.15, -0.1) is 0 Å². The number of nitrogens with zero attached hydrogens (tertiary/aromatic N) is 1. The summed E-state index contributed by atoms with van der Waals surface area (Å²) in [7, 11) is 0. The van der Waals surface area contributed by atoms with Crippen LogP contribution in [-0.4, -0.2) is 30.0 Å². The van der Waals surface area contributed by atoms with Crippen molar-refractivity contribution < 1.29 is 18.7 Å². The lowest BCUT2D eigenvalue weighted by atomic mass is 10.3. The zero-order valence-electron chi connectivity index (χ0n) is 9.49. The van der Waals surface area contributed by atoms with E-state index in [-0.39, 0.29) is 18.9 Å². The maximum atomic E-state index is 11.5. The number of amides is 1. The van der Waals surface area contributed by atoms with E-state index < -0.39 is 11.9 Å². The van der Waals surface area contributed by atoms with Crippen LogP contribution in [0.15, 0.2) is 4.42 Å². The number of oxazole rings is 1. The summed E-state index contributed by atoms with van der Waals surface area (Å²) in [5.74, 6) is -0.406. The van der Waals surface area contributed by atoms with Crippen LogP contribution in [0.2, 0.25) is 0 Å². The lowest BCUT2D eigenvalue weighted by Crippen LogP contribution is -2.30. The van der Waals surface area contributed by atoms with Crippen molar-refractivity contribution in [1.82, 2.24) is 10.3 Å². The molecule has 1 N–H and O–H groups in total. The van der Waals surface area contributed by atoms with Crippen LogP contribution in [0.3, 0.4) is 0 Å². The summed E-state index contributed by atoms with van der Waals surface area (Å²) in [6.45, 7) is 5.12. The van der Waals surface area contributed by atoms with Crippen molar-refractivity contribution in [2.45, 2.75) is 20.8 Å². The van der Waals surface area contributed by atoms with Crippen molar-refractivity contribution in [3.8, 4) is 0 Å². The molecule has 0 aliphatic heterocycles. The largest absolute Gasteiger partial charge is 0.465 e. The van der Waals surface area contributed by atoms with Crippen molar-refractivity contribution in [2.24, 2.45) is 0 Å². The van der Waals surface area contributed by atoms with Gasteiger partial charge >= 0.3 is 5.97 Å². The molecule has 88 valence electrons. The first-order valence-electron chi connectivity index (χ1n) is 4.92. The molecule has 0 fully saturated rings. The molecule has 16 heavy (non-hydrogen) atoms. The fourth-order valence-corrected chi connectivity index (χ4v) is 1.19. The number of aryl methyl sites for hydroxylation is 2. The van der Waals surface area contributed by atoms with Gasteiger partial charge in [0.25, 0.3) is 5.91 Å². The highest BCUT2D eigenvalue weighted by atomic mass is 16.5. The van der Waals surface area contributed by atoms with E-state index in [1.54, 1.807) is 20.8 Å². The number of rotatable bonds is 4. The Kier molecular flexibility index (Phi) is 4.04. The third-order valence-corrected chi connectivity index (χ3v) is 1.81. The van der Waals surface area contributed by atoms with Gasteiger partial charge in [0.1, 0.15) is 6.54 Å². The third-order valence-electron chi connectivity index (χ3n) is 1.81. The van der Waals surface area contributed by atoms with Crippen molar-refractivity contribution in [1.29, 1.82) is 0 Å². The average molecular weight is 226 g/mol. The Morgan fingerprint density at radius 2 is 2.12 bits per heavy atom. The molecule has 1 aromatic rings. The van der Waals surface area contributed by atoms with Crippen LogP contribution in [0.25, 0.3) is 0 Å². The van der Waals surface area contributed by atoms with Gasteiger partial charge in [0.2, 0.25) is 5.76 Å². The number of nitrogens with one attached hydrogen (secondary N) is 1. The van der Waals surface area contributed by atoms with E-state index >= 15 is 0 Å². The molecule has 1 aromatic heterocycles. The molecule has 0 aromatic carbocycles. The molecule has 0 bridgehead atoms. The minimum atomic E-state index is -0.482. The van der Waals surface area contributed by atoms with Crippen LogP contribution in [0.1, 0.15) is 29.1 Å². The van der Waals surface area contributed by atoms with E-state index in [4.69, 9.17) is 4.42 Å². The van der Waals surface area contributed by atoms with E-state index in [9.17, 15) is 9.59 Å². The standard InChI is InChI=1S/C10H14N2O4/c1-4-15-8(13)5-11-10(14)9-6(2)12-7(3)16-9/h4-5H2,1-3H3,(H,11,14). The topological polar surface area (TPSA) is 81.4 Å². The molecule has 0 spiro atoms. The van der Waals surface area contributed by atoms with Crippen LogP contribution in [0.4, 0.5) is 0 Å². The number of hydrogen-bond acceptors (Lipinski definition) is 5. The lowest BCUT2D eigenvalue weighted by Gasteiger charge is -2.02. The molecule has 1 rings (SSSR count). The van der Waals surface area contributed by atoms with E-state index in [0.29, 0.717) is 11.6 Å². The third kappa shape index (κ3) is 3.08. The van der Waals surface area contributed by atoms with E-state index in [1.165, 1.54) is 0 Å². The van der Waals surface area contributed by atoms with Crippen LogP contribution < -0.4 is 5.32 Å². The first-order chi connectivity index (χ1) is 7.54. The second-order valence-electron chi connectivity index (χ2n) is 3.14. The summed E-state index contributed by atoms with van der Waals surface area (Å²) in [5, 5.41) is 2.39. The van der Waals surface area contributed by atoms with Gasteiger partial charge in [-0.1, -0.05) is 0 Å². The van der Waals surface area contributed by atoms with Crippen LogP contribution in [-0.2, 0) is 9.53 Å². The predicted octanol–water partition coefficient (Wildman–Crippen LogP) is 0.584. The summed E-state index contributed by atoms with van der Waals surface area (Å²) < 4.78 is 9.76. The number of ether oxygens (including phenoxy) is 1. The normalized spacial score (nSPS) is 9.94. The van der Waals surface area contributed by atoms with E-state index in [0.717, 1.165) is 0 Å². The smallest absolute Gasteiger partial charge is 0.325 e. The Bertz CT molecular complexity index is 398. The summed E-state index contributed by atoms with van der Waals surface area (Å²) in [6.07, 6.45) is 0. The summed E-state index contributed by atoms with van der Waals surface area (Å²) >= 11 is 0. The second-order valence-corrected chi connectivity index (χ2v) is 3.14. The molecule has 0 atom stereocenters. The van der Waals surface area contributed by atoms with Crippen LogP contribution in [0.5, 0.6) is 0 Å². The average Bonchev–Trinajstić information content (AvgIpc) is 2.55. The van der Waals surface area contributed by atoms with Gasteiger partial charge in [-0.3, -0.25) is 9.59 Å². The second kappa shape index (κ2) is 5.29. The molecular weight excluding hydrogens is 212 g/mol. The molecule has 1 heterocycles. The maximum absolute atomic E-state index is 11.5. The molecule has 0 saturated carbocycles. The quantitative estimate of drug-likeness (QED) is 0.759. The fraction of sp³-hybridized carbons (Fsp3) is 0.500. The van der Waals surface area contributed by atoms with E-state index in [1.807, 2.05) is 0 Å². The van der Waals surface area contributed by atoms with Gasteiger partial charge in [0.05, 0.1) is 12.3 Å². The summed E-state index contributed by atoms with van der Waals surface area (Å²) in [4.78, 5) is 26.5. The fourth-order valence-electron chi connectivity index (χ4n) is 1.19. The van der Waals surface area contributed by atoms with Crippen molar-refractivity contribution in [3.05, 3.63) is 17.3 Å². The van der Waals surface area contributed by atoms with Gasteiger partial charge in [0, 0.05) is 6.92 Å². The SMILES string of the molecule is CCOC(=O)CNC(=O)c1oc(C)nc1C. The Morgan fingerprint density at radius 3 is 2.62 bits per heavy atom. The number of carbonyl (C=O) groups excluding carboxylic acids is 2. The molecule has 1 amide bonds. The number of esters is 1.